The third-order valence-corrected chi connectivity index (χ3v) is 3.06. The van der Waals surface area contributed by atoms with E-state index < -0.39 is 0 Å². The van der Waals surface area contributed by atoms with Crippen molar-refractivity contribution in [1.29, 1.82) is 0 Å². The van der Waals surface area contributed by atoms with E-state index in [1.807, 2.05) is 6.92 Å². The maximum atomic E-state index is 3.36. The normalized spacial score (nSPS) is 24.1. The second kappa shape index (κ2) is 7.89. The van der Waals surface area contributed by atoms with E-state index in [1.165, 1.54) is 64.7 Å². The van der Waals surface area contributed by atoms with E-state index in [-0.39, 0.29) is 0 Å². The predicted octanol–water partition coefficient (Wildman–Crippen LogP) is 3.07. The van der Waals surface area contributed by atoms with Crippen LogP contribution in [0.5, 0.6) is 0 Å². The number of nitrogens with zero attached hydrogens (tertiary/aromatic N) is 2. The van der Waals surface area contributed by atoms with E-state index in [9.17, 15) is 0 Å². The highest BCUT2D eigenvalue weighted by Gasteiger charge is 2.19. The zero-order valence-corrected chi connectivity index (χ0v) is 10.2. The number of hydrogen-bond acceptors (Lipinski definition) is 2. The van der Waals surface area contributed by atoms with Gasteiger partial charge in [-0.05, 0) is 32.6 Å². The lowest BCUT2D eigenvalue weighted by molar-refractivity contribution is -0.0518. The summed E-state index contributed by atoms with van der Waals surface area (Å²) in [7, 11) is 0. The lowest BCUT2D eigenvalue weighted by Gasteiger charge is -2.39. The Labute approximate surface area is 94.9 Å². The quantitative estimate of drug-likeness (QED) is 0.614. The second-order valence-corrected chi connectivity index (χ2v) is 4.44. The van der Waals surface area contributed by atoms with Crippen LogP contribution in [0.2, 0.25) is 0 Å². The van der Waals surface area contributed by atoms with Crippen LogP contribution in [0.4, 0.5) is 0 Å². The van der Waals surface area contributed by atoms with Crippen molar-refractivity contribution in [3.8, 4) is 0 Å². The Hall–Kier alpha value is -0.340. The smallest absolute Gasteiger partial charge is 0.0133 e. The maximum Gasteiger partial charge on any atom is 0.0133 e. The van der Waals surface area contributed by atoms with Crippen molar-refractivity contribution >= 4 is 0 Å². The van der Waals surface area contributed by atoms with Crippen LogP contribution in [-0.2, 0) is 0 Å². The maximum absolute atomic E-state index is 3.36. The van der Waals surface area contributed by atoms with Crippen molar-refractivity contribution in [1.82, 2.24) is 10.0 Å². The summed E-state index contributed by atoms with van der Waals surface area (Å²) < 4.78 is 0. The molecule has 0 bridgehead atoms. The van der Waals surface area contributed by atoms with Crippen molar-refractivity contribution in [2.75, 3.05) is 26.2 Å². The molecule has 0 aromatic heterocycles. The topological polar surface area (TPSA) is 6.48 Å². The van der Waals surface area contributed by atoms with Crippen LogP contribution < -0.4 is 0 Å². The van der Waals surface area contributed by atoms with Crippen LogP contribution in [0, 0.1) is 0 Å². The first-order valence-electron chi connectivity index (χ1n) is 6.45. The molecule has 2 fully saturated rings. The van der Waals surface area contributed by atoms with E-state index in [2.05, 4.69) is 16.6 Å². The average molecular weight is 210 g/mol. The summed E-state index contributed by atoms with van der Waals surface area (Å²) in [4.78, 5) is 0. The fourth-order valence-electron chi connectivity index (χ4n) is 2.32. The van der Waals surface area contributed by atoms with Gasteiger partial charge in [0.05, 0.1) is 0 Å². The van der Waals surface area contributed by atoms with E-state index in [1.54, 1.807) is 6.08 Å². The van der Waals surface area contributed by atoms with Crippen molar-refractivity contribution in [2.45, 2.75) is 45.4 Å². The van der Waals surface area contributed by atoms with Gasteiger partial charge in [-0.3, -0.25) is 0 Å². The zero-order chi connectivity index (χ0) is 10.9. The van der Waals surface area contributed by atoms with Crippen LogP contribution in [0.25, 0.3) is 0 Å². The number of hydrogen-bond donors (Lipinski definition) is 0. The molecule has 0 saturated carbocycles. The molecule has 0 spiro atoms. The van der Waals surface area contributed by atoms with Gasteiger partial charge in [-0.25, -0.2) is 10.0 Å². The van der Waals surface area contributed by atoms with E-state index in [0.29, 0.717) is 0 Å². The van der Waals surface area contributed by atoms with Gasteiger partial charge in [0.25, 0.3) is 0 Å². The van der Waals surface area contributed by atoms with Crippen LogP contribution >= 0.6 is 0 Å². The van der Waals surface area contributed by atoms with Crippen molar-refractivity contribution in [2.24, 2.45) is 0 Å². The molecule has 2 aliphatic heterocycles. The third-order valence-electron chi connectivity index (χ3n) is 3.06. The lowest BCUT2D eigenvalue weighted by atomic mass is 10.1. The Balaban J connectivity index is 0.000000337. The van der Waals surface area contributed by atoms with Crippen LogP contribution in [0.15, 0.2) is 12.7 Å². The highest BCUT2D eigenvalue weighted by atomic mass is 15.6. The minimum absolute atomic E-state index is 1.32. The van der Waals surface area contributed by atoms with Crippen LogP contribution in [-0.4, -0.2) is 36.2 Å². The first-order valence-corrected chi connectivity index (χ1v) is 6.45. The summed E-state index contributed by atoms with van der Waals surface area (Å²) in [6.07, 6.45) is 10.3. The molecule has 0 atom stereocenters. The summed E-state index contributed by atoms with van der Waals surface area (Å²) >= 11 is 0. The molecule has 0 aromatic carbocycles. The largest absolute Gasteiger partial charge is 0.242 e. The van der Waals surface area contributed by atoms with E-state index in [0.717, 1.165) is 0 Å². The van der Waals surface area contributed by atoms with Gasteiger partial charge >= 0.3 is 0 Å². The van der Waals surface area contributed by atoms with Gasteiger partial charge in [0, 0.05) is 26.2 Å². The molecule has 0 radical (unpaired) electrons. The number of piperidine rings is 2. The Morgan fingerprint density at radius 3 is 1.27 bits per heavy atom. The number of hydrazine groups is 1. The molecule has 2 nitrogen and oxygen atoms in total. The highest BCUT2D eigenvalue weighted by molar-refractivity contribution is 4.67. The fourth-order valence-corrected chi connectivity index (χ4v) is 2.32. The SMILES string of the molecule is C1CCN(N2CCCCC2)CC1.C=CC. The summed E-state index contributed by atoms with van der Waals surface area (Å²) in [5, 5.41) is 5.17. The van der Waals surface area contributed by atoms with E-state index in [4.69, 9.17) is 0 Å². The Morgan fingerprint density at radius 1 is 0.733 bits per heavy atom. The van der Waals surface area contributed by atoms with Gasteiger partial charge < -0.3 is 0 Å². The molecular weight excluding hydrogens is 184 g/mol. The molecule has 0 amide bonds. The van der Waals surface area contributed by atoms with E-state index >= 15 is 0 Å². The number of rotatable bonds is 1. The zero-order valence-electron chi connectivity index (χ0n) is 10.2. The van der Waals surface area contributed by atoms with Crippen molar-refractivity contribution in [3.05, 3.63) is 12.7 Å². The first-order chi connectivity index (χ1) is 7.38. The van der Waals surface area contributed by atoms with Gasteiger partial charge in [0.2, 0.25) is 0 Å². The monoisotopic (exact) mass is 210 g/mol. The molecule has 0 aliphatic carbocycles. The molecule has 2 aliphatic rings. The minimum Gasteiger partial charge on any atom is -0.242 e. The molecule has 0 aromatic rings. The second-order valence-electron chi connectivity index (χ2n) is 4.44. The molecule has 2 heteroatoms. The van der Waals surface area contributed by atoms with Gasteiger partial charge in [-0.2, -0.15) is 0 Å². The molecular formula is C13H26N2. The lowest BCUT2D eigenvalue weighted by Crippen LogP contribution is -2.47. The van der Waals surface area contributed by atoms with Gasteiger partial charge in [-0.15, -0.1) is 6.58 Å². The summed E-state index contributed by atoms with van der Waals surface area (Å²) in [5.41, 5.74) is 0. The molecule has 15 heavy (non-hydrogen) atoms. The third kappa shape index (κ3) is 4.80. The Bertz CT molecular complexity index is 140. The molecule has 2 heterocycles. The van der Waals surface area contributed by atoms with Crippen molar-refractivity contribution in [3.63, 3.8) is 0 Å². The summed E-state index contributed by atoms with van der Waals surface area (Å²) in [6, 6.07) is 0. The molecule has 0 unspecified atom stereocenters. The first kappa shape index (κ1) is 12.7. The predicted molar refractivity (Wildman–Crippen MR) is 66.7 cm³/mol. The fraction of sp³-hybridized carbons (Fsp3) is 0.846. The summed E-state index contributed by atoms with van der Waals surface area (Å²) in [6.45, 7) is 10.5. The van der Waals surface area contributed by atoms with Gasteiger partial charge in [0.15, 0.2) is 0 Å². The molecule has 2 rings (SSSR count). The molecule has 2 saturated heterocycles. The standard InChI is InChI=1S/C10H20N2.C3H6/c1-3-7-11(8-4-1)12-9-5-2-6-10-12;1-3-2/h1-10H2;3H,1H2,2H3. The Kier molecular flexibility index (Phi) is 6.69. The molecule has 88 valence electrons. The number of allylic oxidation sites excluding steroid dienone is 1. The summed E-state index contributed by atoms with van der Waals surface area (Å²) in [5.74, 6) is 0. The molecule has 0 N–H and O–H groups in total. The Morgan fingerprint density at radius 2 is 1.00 bits per heavy atom. The van der Waals surface area contributed by atoms with Gasteiger partial charge in [0.1, 0.15) is 0 Å². The minimum atomic E-state index is 1.32. The van der Waals surface area contributed by atoms with Crippen molar-refractivity contribution < 1.29 is 0 Å². The van der Waals surface area contributed by atoms with Crippen LogP contribution in [0.1, 0.15) is 45.4 Å². The average Bonchev–Trinajstić information content (AvgIpc) is 2.32. The highest BCUT2D eigenvalue weighted by Crippen LogP contribution is 2.16. The van der Waals surface area contributed by atoms with Crippen LogP contribution in [0.3, 0.4) is 0 Å². The van der Waals surface area contributed by atoms with Gasteiger partial charge in [-0.1, -0.05) is 18.9 Å².